The number of anilines is 2. The van der Waals surface area contributed by atoms with Gasteiger partial charge in [-0.25, -0.2) is 9.97 Å². The highest BCUT2D eigenvalue weighted by atomic mass is 35.5. The molecule has 7 heteroatoms. The van der Waals surface area contributed by atoms with Crippen LogP contribution < -0.4 is 10.2 Å². The fourth-order valence-electron chi connectivity index (χ4n) is 2.54. The first-order chi connectivity index (χ1) is 11.1. The molecule has 1 aliphatic heterocycles. The molecular formula is C16H16Cl2N4O. The Morgan fingerprint density at radius 1 is 1.04 bits per heavy atom. The number of benzene rings is 1. The van der Waals surface area contributed by atoms with Gasteiger partial charge in [0.2, 0.25) is 0 Å². The number of piperidine rings is 1. The Bertz CT molecular complexity index is 717. The third-order valence-corrected chi connectivity index (χ3v) is 4.48. The van der Waals surface area contributed by atoms with Gasteiger partial charge in [0.1, 0.15) is 17.8 Å². The smallest absolute Gasteiger partial charge is 0.274 e. The van der Waals surface area contributed by atoms with Gasteiger partial charge in [-0.05, 0) is 37.5 Å². The van der Waals surface area contributed by atoms with E-state index in [-0.39, 0.29) is 5.91 Å². The van der Waals surface area contributed by atoms with Crippen LogP contribution in [0.5, 0.6) is 0 Å². The van der Waals surface area contributed by atoms with Gasteiger partial charge in [-0.2, -0.15) is 0 Å². The molecule has 0 aliphatic carbocycles. The van der Waals surface area contributed by atoms with Crippen molar-refractivity contribution >= 4 is 40.6 Å². The summed E-state index contributed by atoms with van der Waals surface area (Å²) < 4.78 is 0. The molecule has 3 rings (SSSR count). The second-order valence-electron chi connectivity index (χ2n) is 5.39. The van der Waals surface area contributed by atoms with Crippen LogP contribution in [0.25, 0.3) is 0 Å². The third kappa shape index (κ3) is 3.92. The molecule has 1 aromatic heterocycles. The summed E-state index contributed by atoms with van der Waals surface area (Å²) in [6.45, 7) is 1.93. The number of carbonyl (C=O) groups excluding carboxylic acids is 1. The molecule has 0 spiro atoms. The summed E-state index contributed by atoms with van der Waals surface area (Å²) in [7, 11) is 0. The normalized spacial score (nSPS) is 14.6. The maximum Gasteiger partial charge on any atom is 0.274 e. The van der Waals surface area contributed by atoms with E-state index < -0.39 is 0 Å². The highest BCUT2D eigenvalue weighted by Crippen LogP contribution is 2.25. The van der Waals surface area contributed by atoms with Crippen molar-refractivity contribution in [3.63, 3.8) is 0 Å². The lowest BCUT2D eigenvalue weighted by Gasteiger charge is -2.27. The van der Waals surface area contributed by atoms with Gasteiger partial charge in [-0.1, -0.05) is 23.2 Å². The first-order valence-corrected chi connectivity index (χ1v) is 8.22. The van der Waals surface area contributed by atoms with E-state index in [0.717, 1.165) is 31.7 Å². The van der Waals surface area contributed by atoms with Gasteiger partial charge in [0.25, 0.3) is 5.91 Å². The number of amides is 1. The Labute approximate surface area is 144 Å². The number of carbonyl (C=O) groups is 1. The molecule has 0 bridgehead atoms. The van der Waals surface area contributed by atoms with Gasteiger partial charge in [0, 0.05) is 24.8 Å². The lowest BCUT2D eigenvalue weighted by Crippen LogP contribution is -2.30. The average molecular weight is 351 g/mol. The van der Waals surface area contributed by atoms with E-state index in [1.165, 1.54) is 12.7 Å². The van der Waals surface area contributed by atoms with Crippen LogP contribution in [0.1, 0.15) is 29.8 Å². The van der Waals surface area contributed by atoms with Crippen LogP contribution in [-0.2, 0) is 0 Å². The number of halogens is 2. The maximum absolute atomic E-state index is 12.3. The highest BCUT2D eigenvalue weighted by Gasteiger charge is 2.15. The summed E-state index contributed by atoms with van der Waals surface area (Å²) in [5.41, 5.74) is 0.897. The van der Waals surface area contributed by atoms with Crippen molar-refractivity contribution in [3.8, 4) is 0 Å². The summed E-state index contributed by atoms with van der Waals surface area (Å²) in [5, 5.41) is 3.60. The van der Waals surface area contributed by atoms with E-state index in [1.807, 2.05) is 0 Å². The van der Waals surface area contributed by atoms with Gasteiger partial charge in [-0.15, -0.1) is 0 Å². The number of hydrogen-bond donors (Lipinski definition) is 1. The predicted octanol–water partition coefficient (Wildman–Crippen LogP) is 4.03. The number of aromatic nitrogens is 2. The van der Waals surface area contributed by atoms with Gasteiger partial charge in [0.05, 0.1) is 10.0 Å². The lowest BCUT2D eigenvalue weighted by molar-refractivity contribution is 0.102. The Hall–Kier alpha value is -1.85. The molecule has 1 aromatic carbocycles. The Morgan fingerprint density at radius 2 is 1.83 bits per heavy atom. The highest BCUT2D eigenvalue weighted by molar-refractivity contribution is 6.42. The molecule has 2 heterocycles. The molecule has 0 unspecified atom stereocenters. The number of hydrogen-bond acceptors (Lipinski definition) is 4. The maximum atomic E-state index is 12.3. The lowest BCUT2D eigenvalue weighted by atomic mass is 10.1. The molecule has 5 nitrogen and oxygen atoms in total. The summed E-state index contributed by atoms with van der Waals surface area (Å²) in [5.74, 6) is 0.489. The van der Waals surface area contributed by atoms with Gasteiger partial charge >= 0.3 is 0 Å². The number of nitrogens with zero attached hydrogens (tertiary/aromatic N) is 3. The predicted molar refractivity (Wildman–Crippen MR) is 92.5 cm³/mol. The SMILES string of the molecule is O=C(Nc1ccc(Cl)c(Cl)c1)c1cc(N2CCCCC2)ncn1. The van der Waals surface area contributed by atoms with Crippen LogP contribution in [0.15, 0.2) is 30.6 Å². The largest absolute Gasteiger partial charge is 0.357 e. The van der Waals surface area contributed by atoms with E-state index in [4.69, 9.17) is 23.2 Å². The Kier molecular flexibility index (Phi) is 4.98. The standard InChI is InChI=1S/C16H16Cl2N4O/c17-12-5-4-11(8-13(12)18)21-16(23)14-9-15(20-10-19-14)22-6-2-1-3-7-22/h4-5,8-10H,1-3,6-7H2,(H,21,23). The minimum Gasteiger partial charge on any atom is -0.357 e. The van der Waals surface area contributed by atoms with E-state index in [1.54, 1.807) is 24.3 Å². The molecule has 23 heavy (non-hydrogen) atoms. The van der Waals surface area contributed by atoms with Crippen LogP contribution in [-0.4, -0.2) is 29.0 Å². The van der Waals surface area contributed by atoms with E-state index in [2.05, 4.69) is 20.2 Å². The zero-order chi connectivity index (χ0) is 16.2. The average Bonchev–Trinajstić information content (AvgIpc) is 2.59. The summed E-state index contributed by atoms with van der Waals surface area (Å²) in [6.07, 6.45) is 4.96. The van der Waals surface area contributed by atoms with Crippen molar-refractivity contribution in [1.82, 2.24) is 9.97 Å². The van der Waals surface area contributed by atoms with Crippen molar-refractivity contribution < 1.29 is 4.79 Å². The van der Waals surface area contributed by atoms with Crippen LogP contribution in [0, 0.1) is 0 Å². The molecule has 1 N–H and O–H groups in total. The zero-order valence-electron chi connectivity index (χ0n) is 12.4. The van der Waals surface area contributed by atoms with Crippen LogP contribution >= 0.6 is 23.2 Å². The number of nitrogens with one attached hydrogen (secondary N) is 1. The zero-order valence-corrected chi connectivity index (χ0v) is 13.9. The first-order valence-electron chi connectivity index (χ1n) is 7.47. The summed E-state index contributed by atoms with van der Waals surface area (Å²) in [4.78, 5) is 22.9. The molecule has 1 aliphatic rings. The fourth-order valence-corrected chi connectivity index (χ4v) is 2.83. The Balaban J connectivity index is 1.75. The quantitative estimate of drug-likeness (QED) is 0.907. The van der Waals surface area contributed by atoms with Gasteiger partial charge < -0.3 is 10.2 Å². The summed E-state index contributed by atoms with van der Waals surface area (Å²) >= 11 is 11.8. The molecular weight excluding hydrogens is 335 g/mol. The fraction of sp³-hybridized carbons (Fsp3) is 0.312. The van der Waals surface area contributed by atoms with Crippen LogP contribution in [0.2, 0.25) is 10.0 Å². The molecule has 120 valence electrons. The van der Waals surface area contributed by atoms with Crippen molar-refractivity contribution in [2.24, 2.45) is 0 Å². The molecule has 0 radical (unpaired) electrons. The van der Waals surface area contributed by atoms with Crippen LogP contribution in [0.4, 0.5) is 11.5 Å². The molecule has 1 fully saturated rings. The van der Waals surface area contributed by atoms with Crippen molar-refractivity contribution in [3.05, 3.63) is 46.3 Å². The van der Waals surface area contributed by atoms with E-state index in [9.17, 15) is 4.79 Å². The van der Waals surface area contributed by atoms with Crippen molar-refractivity contribution in [2.75, 3.05) is 23.3 Å². The van der Waals surface area contributed by atoms with Crippen molar-refractivity contribution in [1.29, 1.82) is 0 Å². The minimum absolute atomic E-state index is 0.302. The molecule has 2 aromatic rings. The van der Waals surface area contributed by atoms with Gasteiger partial charge in [-0.3, -0.25) is 4.79 Å². The topological polar surface area (TPSA) is 58.1 Å². The second-order valence-corrected chi connectivity index (χ2v) is 6.21. The minimum atomic E-state index is -0.302. The molecule has 1 saturated heterocycles. The first kappa shape index (κ1) is 16.0. The van der Waals surface area contributed by atoms with E-state index >= 15 is 0 Å². The second kappa shape index (κ2) is 7.15. The molecule has 0 saturated carbocycles. The molecule has 0 atom stereocenters. The Morgan fingerprint density at radius 3 is 2.57 bits per heavy atom. The number of rotatable bonds is 3. The van der Waals surface area contributed by atoms with E-state index in [0.29, 0.717) is 21.4 Å². The third-order valence-electron chi connectivity index (χ3n) is 3.74. The molecule has 1 amide bonds. The van der Waals surface area contributed by atoms with Crippen molar-refractivity contribution in [2.45, 2.75) is 19.3 Å². The summed E-state index contributed by atoms with van der Waals surface area (Å²) in [6, 6.07) is 6.66. The monoisotopic (exact) mass is 350 g/mol. The van der Waals surface area contributed by atoms with Gasteiger partial charge in [0.15, 0.2) is 0 Å². The van der Waals surface area contributed by atoms with Crippen LogP contribution in [0.3, 0.4) is 0 Å².